The molecule has 7 nitrogen and oxygen atoms in total. The number of hydrogen-bond donors (Lipinski definition) is 2. The van der Waals surface area contributed by atoms with Crippen LogP contribution in [-0.4, -0.2) is 23.6 Å². The summed E-state index contributed by atoms with van der Waals surface area (Å²) < 4.78 is 10.7. The van der Waals surface area contributed by atoms with Crippen molar-refractivity contribution in [3.63, 3.8) is 0 Å². The smallest absolute Gasteiger partial charge is 0.276 e. The maximum absolute atomic E-state index is 12.3. The second-order valence-electron chi connectivity index (χ2n) is 6.17. The van der Waals surface area contributed by atoms with Crippen molar-refractivity contribution >= 4 is 11.8 Å². The van der Waals surface area contributed by atoms with E-state index in [9.17, 15) is 9.59 Å². The van der Waals surface area contributed by atoms with Gasteiger partial charge >= 0.3 is 0 Å². The monoisotopic (exact) mass is 345 g/mol. The third kappa shape index (κ3) is 4.37. The Bertz CT molecular complexity index is 760. The van der Waals surface area contributed by atoms with Gasteiger partial charge in [0.25, 0.3) is 11.8 Å². The maximum Gasteiger partial charge on any atom is 0.276 e. The van der Waals surface area contributed by atoms with Gasteiger partial charge in [-0.15, -0.1) is 0 Å². The first-order valence-electron chi connectivity index (χ1n) is 8.05. The summed E-state index contributed by atoms with van der Waals surface area (Å²) in [6.07, 6.45) is 0. The number of ether oxygens (including phenoxy) is 1. The van der Waals surface area contributed by atoms with Gasteiger partial charge in [-0.3, -0.25) is 20.4 Å². The van der Waals surface area contributed by atoms with E-state index in [0.717, 1.165) is 11.1 Å². The van der Waals surface area contributed by atoms with E-state index in [-0.39, 0.29) is 12.5 Å². The van der Waals surface area contributed by atoms with Crippen molar-refractivity contribution in [3.05, 3.63) is 46.3 Å². The number of hydrogen-bond acceptors (Lipinski definition) is 5. The maximum atomic E-state index is 12.3. The largest absolute Gasteiger partial charge is 0.483 e. The zero-order valence-electron chi connectivity index (χ0n) is 15.1. The molecule has 0 saturated carbocycles. The van der Waals surface area contributed by atoms with Crippen LogP contribution in [0.4, 0.5) is 0 Å². The average molecular weight is 345 g/mol. The van der Waals surface area contributed by atoms with Gasteiger partial charge < -0.3 is 9.26 Å². The number of rotatable bonds is 5. The number of aromatic nitrogens is 1. The molecule has 25 heavy (non-hydrogen) atoms. The quantitative estimate of drug-likeness (QED) is 0.812. The minimum absolute atomic E-state index is 0.00464. The normalized spacial score (nSPS) is 10.6. The lowest BCUT2D eigenvalue weighted by molar-refractivity contribution is -0.123. The number of carbonyl (C=O) groups excluding carboxylic acids is 2. The van der Waals surface area contributed by atoms with Gasteiger partial charge in [0.1, 0.15) is 11.3 Å². The van der Waals surface area contributed by atoms with Crippen LogP contribution in [0.3, 0.4) is 0 Å². The van der Waals surface area contributed by atoms with Crippen molar-refractivity contribution in [2.45, 2.75) is 40.5 Å². The molecule has 0 aliphatic rings. The van der Waals surface area contributed by atoms with Crippen molar-refractivity contribution in [2.24, 2.45) is 0 Å². The lowest BCUT2D eigenvalue weighted by atomic mass is 10.1. The lowest BCUT2D eigenvalue weighted by Crippen LogP contribution is -2.44. The summed E-state index contributed by atoms with van der Waals surface area (Å²) in [5, 5.41) is 3.81. The molecule has 0 bridgehead atoms. The van der Waals surface area contributed by atoms with Crippen molar-refractivity contribution < 1.29 is 18.8 Å². The van der Waals surface area contributed by atoms with Gasteiger partial charge in [0, 0.05) is 5.92 Å². The molecule has 0 unspecified atom stereocenters. The predicted molar refractivity (Wildman–Crippen MR) is 92.3 cm³/mol. The van der Waals surface area contributed by atoms with E-state index in [1.165, 1.54) is 0 Å². The van der Waals surface area contributed by atoms with Crippen molar-refractivity contribution in [2.75, 3.05) is 6.61 Å². The fraction of sp³-hybridized carbons (Fsp3) is 0.389. The average Bonchev–Trinajstić information content (AvgIpc) is 2.94. The highest BCUT2D eigenvalue weighted by atomic mass is 16.5. The molecule has 1 aromatic carbocycles. The SMILES string of the molecule is Cc1cccc(C)c1OCC(=O)NNC(=O)c1c(C)noc1C(C)C. The Labute approximate surface area is 146 Å². The number of carbonyl (C=O) groups is 2. The summed E-state index contributed by atoms with van der Waals surface area (Å²) in [6.45, 7) is 9.08. The van der Waals surface area contributed by atoms with Gasteiger partial charge in [0.15, 0.2) is 12.4 Å². The van der Waals surface area contributed by atoms with Crippen LogP contribution in [0.5, 0.6) is 5.75 Å². The molecule has 134 valence electrons. The summed E-state index contributed by atoms with van der Waals surface area (Å²) >= 11 is 0. The fourth-order valence-corrected chi connectivity index (χ4v) is 2.45. The molecular weight excluding hydrogens is 322 g/mol. The third-order valence-corrected chi connectivity index (χ3v) is 3.71. The summed E-state index contributed by atoms with van der Waals surface area (Å²) in [6, 6.07) is 5.74. The van der Waals surface area contributed by atoms with Crippen LogP contribution >= 0.6 is 0 Å². The molecule has 0 fully saturated rings. The van der Waals surface area contributed by atoms with E-state index in [1.807, 2.05) is 45.9 Å². The minimum atomic E-state index is -0.470. The molecule has 2 amide bonds. The standard InChI is InChI=1S/C18H23N3O4/c1-10(2)16-15(13(5)21-25-16)18(23)20-19-14(22)9-24-17-11(3)7-6-8-12(17)4/h6-8,10H,9H2,1-5H3,(H,19,22)(H,20,23). The third-order valence-electron chi connectivity index (χ3n) is 3.71. The Balaban J connectivity index is 1.92. The molecule has 1 aromatic heterocycles. The Hall–Kier alpha value is -2.83. The van der Waals surface area contributed by atoms with Gasteiger partial charge in [-0.2, -0.15) is 0 Å². The topological polar surface area (TPSA) is 93.5 Å². The van der Waals surface area contributed by atoms with Gasteiger partial charge in [-0.1, -0.05) is 37.2 Å². The van der Waals surface area contributed by atoms with Crippen LogP contribution in [0.15, 0.2) is 22.7 Å². The zero-order valence-corrected chi connectivity index (χ0v) is 15.1. The van der Waals surface area contributed by atoms with Crippen molar-refractivity contribution in [1.29, 1.82) is 0 Å². The Morgan fingerprint density at radius 1 is 1.16 bits per heavy atom. The first-order chi connectivity index (χ1) is 11.8. The Morgan fingerprint density at radius 2 is 1.80 bits per heavy atom. The Kier molecular flexibility index (Phi) is 5.80. The van der Waals surface area contributed by atoms with Crippen LogP contribution < -0.4 is 15.6 Å². The van der Waals surface area contributed by atoms with Crippen molar-refractivity contribution in [1.82, 2.24) is 16.0 Å². The predicted octanol–water partition coefficient (Wildman–Crippen LogP) is 2.56. The summed E-state index contributed by atoms with van der Waals surface area (Å²) in [7, 11) is 0. The second kappa shape index (κ2) is 7.83. The summed E-state index contributed by atoms with van der Waals surface area (Å²) in [4.78, 5) is 24.2. The second-order valence-corrected chi connectivity index (χ2v) is 6.17. The molecule has 0 aliphatic heterocycles. The van der Waals surface area contributed by atoms with E-state index < -0.39 is 11.8 Å². The van der Waals surface area contributed by atoms with Gasteiger partial charge in [0.05, 0.1) is 5.69 Å². The van der Waals surface area contributed by atoms with Crippen LogP contribution in [0.2, 0.25) is 0 Å². The minimum Gasteiger partial charge on any atom is -0.483 e. The fourth-order valence-electron chi connectivity index (χ4n) is 2.45. The molecule has 0 atom stereocenters. The molecule has 0 spiro atoms. The number of nitrogens with one attached hydrogen (secondary N) is 2. The zero-order chi connectivity index (χ0) is 18.6. The molecule has 2 N–H and O–H groups in total. The number of hydrazine groups is 1. The molecule has 1 heterocycles. The molecule has 2 aromatic rings. The number of para-hydroxylation sites is 1. The number of amides is 2. The summed E-state index contributed by atoms with van der Waals surface area (Å²) in [5.74, 6) is 0.223. The van der Waals surface area contributed by atoms with Crippen LogP contribution in [0.25, 0.3) is 0 Å². The molecule has 2 rings (SSSR count). The van der Waals surface area contributed by atoms with E-state index in [0.29, 0.717) is 22.8 Å². The van der Waals surface area contributed by atoms with E-state index in [4.69, 9.17) is 9.26 Å². The lowest BCUT2D eigenvalue weighted by Gasteiger charge is -2.12. The van der Waals surface area contributed by atoms with E-state index in [1.54, 1.807) is 6.92 Å². The Morgan fingerprint density at radius 3 is 2.40 bits per heavy atom. The number of nitrogens with zero attached hydrogens (tertiary/aromatic N) is 1. The molecule has 0 radical (unpaired) electrons. The number of aryl methyl sites for hydroxylation is 3. The van der Waals surface area contributed by atoms with Crippen LogP contribution in [-0.2, 0) is 4.79 Å². The first-order valence-corrected chi connectivity index (χ1v) is 8.05. The highest BCUT2D eigenvalue weighted by Gasteiger charge is 2.22. The highest BCUT2D eigenvalue weighted by Crippen LogP contribution is 2.22. The van der Waals surface area contributed by atoms with E-state index in [2.05, 4.69) is 16.0 Å². The van der Waals surface area contributed by atoms with Gasteiger partial charge in [-0.25, -0.2) is 0 Å². The molecule has 0 saturated heterocycles. The first kappa shape index (κ1) is 18.5. The molecule has 7 heteroatoms. The number of benzene rings is 1. The molecular formula is C18H23N3O4. The van der Waals surface area contributed by atoms with Gasteiger partial charge in [-0.05, 0) is 31.9 Å². The van der Waals surface area contributed by atoms with Crippen molar-refractivity contribution in [3.8, 4) is 5.75 Å². The van der Waals surface area contributed by atoms with Gasteiger partial charge in [0.2, 0.25) is 0 Å². The summed E-state index contributed by atoms with van der Waals surface area (Å²) in [5.41, 5.74) is 7.41. The van der Waals surface area contributed by atoms with Crippen LogP contribution in [0.1, 0.15) is 52.7 Å². The van der Waals surface area contributed by atoms with E-state index >= 15 is 0 Å². The molecule has 0 aliphatic carbocycles. The van der Waals surface area contributed by atoms with Crippen LogP contribution in [0, 0.1) is 20.8 Å². The highest BCUT2D eigenvalue weighted by molar-refractivity contribution is 5.97.